The maximum Gasteiger partial charge on any atom is 0.143 e. The van der Waals surface area contributed by atoms with Gasteiger partial charge in [-0.05, 0) is 74.7 Å². The first kappa shape index (κ1) is 28.2. The van der Waals surface area contributed by atoms with Crippen molar-refractivity contribution in [2.45, 2.75) is 31.7 Å². The summed E-state index contributed by atoms with van der Waals surface area (Å²) in [7, 11) is 0. The van der Waals surface area contributed by atoms with Gasteiger partial charge in [0, 0.05) is 38.5 Å². The Morgan fingerprint density at radius 2 is 1.33 bits per heavy atom. The molecule has 1 aromatic heterocycles. The summed E-state index contributed by atoms with van der Waals surface area (Å²) < 4.78 is 6.44. The lowest BCUT2D eigenvalue weighted by Crippen LogP contribution is -2.30. The van der Waals surface area contributed by atoms with Gasteiger partial charge < -0.3 is 9.32 Å². The topological polar surface area (TPSA) is 16.4 Å². The van der Waals surface area contributed by atoms with E-state index in [9.17, 15) is 0 Å². The van der Waals surface area contributed by atoms with Crippen LogP contribution in [0.1, 0.15) is 37.0 Å². The molecular formula is C47H35NO. The number of anilines is 2. The molecule has 2 nitrogen and oxygen atoms in total. The summed E-state index contributed by atoms with van der Waals surface area (Å²) in [6.45, 7) is 4.73. The number of hydrogen-bond donors (Lipinski definition) is 0. The fourth-order valence-corrected chi connectivity index (χ4v) is 8.56. The highest BCUT2D eigenvalue weighted by Gasteiger charge is 2.36. The van der Waals surface area contributed by atoms with Gasteiger partial charge >= 0.3 is 0 Å². The van der Waals surface area contributed by atoms with Gasteiger partial charge in [0.15, 0.2) is 0 Å². The molecule has 1 atom stereocenters. The molecule has 49 heavy (non-hydrogen) atoms. The number of furan rings is 1. The van der Waals surface area contributed by atoms with Crippen LogP contribution in [-0.2, 0) is 5.41 Å². The van der Waals surface area contributed by atoms with E-state index in [2.05, 4.69) is 170 Å². The maximum absolute atomic E-state index is 6.44. The zero-order valence-corrected chi connectivity index (χ0v) is 27.7. The van der Waals surface area contributed by atoms with Gasteiger partial charge in [0.25, 0.3) is 0 Å². The van der Waals surface area contributed by atoms with Gasteiger partial charge in [-0.2, -0.15) is 0 Å². The Hall–Kier alpha value is -5.86. The van der Waals surface area contributed by atoms with Crippen molar-refractivity contribution < 1.29 is 4.42 Å². The van der Waals surface area contributed by atoms with E-state index in [1.807, 2.05) is 6.07 Å². The Balaban J connectivity index is 1.12. The minimum absolute atomic E-state index is 0.0801. The summed E-state index contributed by atoms with van der Waals surface area (Å²) in [6.07, 6.45) is 7.96. The Kier molecular flexibility index (Phi) is 6.08. The number of allylic oxidation sites excluding steroid dienone is 2. The highest BCUT2D eigenvalue weighted by Crippen LogP contribution is 2.51. The Labute approximate surface area is 286 Å². The Bertz CT molecular complexity index is 2690. The minimum Gasteiger partial charge on any atom is -0.455 e. The van der Waals surface area contributed by atoms with Crippen molar-refractivity contribution >= 4 is 60.4 Å². The largest absolute Gasteiger partial charge is 0.455 e. The van der Waals surface area contributed by atoms with Gasteiger partial charge in [-0.15, -0.1) is 0 Å². The second-order valence-electron chi connectivity index (χ2n) is 14.0. The average Bonchev–Trinajstić information content (AvgIpc) is 3.64. The highest BCUT2D eigenvalue weighted by atomic mass is 16.3. The van der Waals surface area contributed by atoms with Crippen LogP contribution in [0.15, 0.2) is 162 Å². The second-order valence-corrected chi connectivity index (χ2v) is 14.0. The zero-order chi connectivity index (χ0) is 32.7. The molecule has 0 radical (unpaired) electrons. The molecule has 0 saturated carbocycles. The van der Waals surface area contributed by atoms with Crippen molar-refractivity contribution in [2.24, 2.45) is 0 Å². The molecule has 2 aliphatic rings. The van der Waals surface area contributed by atoms with E-state index in [4.69, 9.17) is 4.42 Å². The molecule has 7 aromatic carbocycles. The zero-order valence-electron chi connectivity index (χ0n) is 27.7. The van der Waals surface area contributed by atoms with E-state index in [0.717, 1.165) is 33.9 Å². The molecule has 10 rings (SSSR count). The highest BCUT2D eigenvalue weighted by molar-refractivity contribution is 6.12. The first-order valence-corrected chi connectivity index (χ1v) is 17.3. The van der Waals surface area contributed by atoms with Gasteiger partial charge in [0.1, 0.15) is 11.2 Å². The van der Waals surface area contributed by atoms with Crippen LogP contribution in [0.25, 0.3) is 60.2 Å². The molecule has 0 fully saturated rings. The SMILES string of the molecule is CC1(C)c2ccccc2-c2ccc(N(c3cccc4c3ccc3ccccc34)C3C=CC(c4cccc5c4oc4ccccc45)=CC3)cc21. The molecule has 0 aliphatic heterocycles. The van der Waals surface area contributed by atoms with Gasteiger partial charge in [-0.1, -0.05) is 147 Å². The van der Waals surface area contributed by atoms with Gasteiger partial charge in [0.05, 0.1) is 6.04 Å². The third-order valence-corrected chi connectivity index (χ3v) is 11.0. The Morgan fingerprint density at radius 3 is 2.22 bits per heavy atom. The summed E-state index contributed by atoms with van der Waals surface area (Å²) >= 11 is 0. The van der Waals surface area contributed by atoms with Crippen LogP contribution in [-0.4, -0.2) is 6.04 Å². The molecule has 0 saturated heterocycles. The van der Waals surface area contributed by atoms with Crippen LogP contribution in [0.4, 0.5) is 11.4 Å². The van der Waals surface area contributed by atoms with E-state index >= 15 is 0 Å². The summed E-state index contributed by atoms with van der Waals surface area (Å²) in [4.78, 5) is 2.57. The van der Waals surface area contributed by atoms with E-state index < -0.39 is 0 Å². The van der Waals surface area contributed by atoms with Gasteiger partial charge in [0.2, 0.25) is 0 Å². The Morgan fingerprint density at radius 1 is 0.592 bits per heavy atom. The first-order valence-electron chi connectivity index (χ1n) is 17.3. The van der Waals surface area contributed by atoms with Crippen LogP contribution < -0.4 is 4.90 Å². The molecule has 2 aliphatic carbocycles. The molecule has 0 amide bonds. The number of hydrogen-bond acceptors (Lipinski definition) is 2. The van der Waals surface area contributed by atoms with Crippen molar-refractivity contribution in [3.05, 3.63) is 174 Å². The summed E-state index contributed by atoms with van der Waals surface area (Å²) in [5.41, 5.74) is 12.1. The van der Waals surface area contributed by atoms with Gasteiger partial charge in [-0.25, -0.2) is 0 Å². The lowest BCUT2D eigenvalue weighted by atomic mass is 9.82. The lowest BCUT2D eigenvalue weighted by molar-refractivity contribution is 0.659. The third-order valence-electron chi connectivity index (χ3n) is 11.0. The van der Waals surface area contributed by atoms with Crippen molar-refractivity contribution in [3.8, 4) is 11.1 Å². The average molecular weight is 630 g/mol. The van der Waals surface area contributed by atoms with Crippen molar-refractivity contribution in [1.29, 1.82) is 0 Å². The normalized spacial score (nSPS) is 16.3. The molecule has 2 heteroatoms. The molecule has 234 valence electrons. The second kappa shape index (κ2) is 10.6. The smallest absolute Gasteiger partial charge is 0.143 e. The molecular weight excluding hydrogens is 595 g/mol. The fourth-order valence-electron chi connectivity index (χ4n) is 8.56. The maximum atomic E-state index is 6.44. The van der Waals surface area contributed by atoms with Gasteiger partial charge in [-0.3, -0.25) is 0 Å². The molecule has 0 spiro atoms. The van der Waals surface area contributed by atoms with E-state index in [1.54, 1.807) is 0 Å². The van der Waals surface area contributed by atoms with Crippen molar-refractivity contribution in [1.82, 2.24) is 0 Å². The third kappa shape index (κ3) is 4.20. The molecule has 8 aromatic rings. The van der Waals surface area contributed by atoms with E-state index in [1.165, 1.54) is 60.7 Å². The van der Waals surface area contributed by atoms with Crippen LogP contribution in [0, 0.1) is 0 Å². The summed E-state index contributed by atoms with van der Waals surface area (Å²) in [5, 5.41) is 7.42. The monoisotopic (exact) mass is 629 g/mol. The fraction of sp³-hybridized carbons (Fsp3) is 0.106. The lowest BCUT2D eigenvalue weighted by Gasteiger charge is -2.35. The number of nitrogens with zero attached hydrogens (tertiary/aromatic N) is 1. The number of benzene rings is 7. The molecule has 0 bridgehead atoms. The summed E-state index contributed by atoms with van der Waals surface area (Å²) in [6, 6.07) is 51.1. The standard InChI is InChI=1S/C47H35NO/c1-47(2)42-18-7-5-13-37(42)38-28-26-33(29-43(38)47)48(44-19-10-16-36-34-12-4-3-11-30(34)23-27-39(36)44)32-24-21-31(22-25-32)35-15-9-17-41-40-14-6-8-20-45(40)49-46(35)41/h3-24,26-29,32H,25H2,1-2H3. The predicted octanol–water partition coefficient (Wildman–Crippen LogP) is 12.7. The number of fused-ring (bicyclic) bond motifs is 9. The van der Waals surface area contributed by atoms with E-state index in [0.29, 0.717) is 0 Å². The predicted molar refractivity (Wildman–Crippen MR) is 207 cm³/mol. The quantitative estimate of drug-likeness (QED) is 0.180. The number of rotatable bonds is 4. The van der Waals surface area contributed by atoms with Crippen LogP contribution in [0.2, 0.25) is 0 Å². The molecule has 1 heterocycles. The minimum atomic E-state index is -0.0801. The number of para-hydroxylation sites is 2. The van der Waals surface area contributed by atoms with Crippen LogP contribution in [0.3, 0.4) is 0 Å². The van der Waals surface area contributed by atoms with E-state index in [-0.39, 0.29) is 11.5 Å². The first-order chi connectivity index (χ1) is 24.1. The summed E-state index contributed by atoms with van der Waals surface area (Å²) in [5.74, 6) is 0. The van der Waals surface area contributed by atoms with Crippen molar-refractivity contribution in [3.63, 3.8) is 0 Å². The van der Waals surface area contributed by atoms with Crippen LogP contribution >= 0.6 is 0 Å². The van der Waals surface area contributed by atoms with Crippen LogP contribution in [0.5, 0.6) is 0 Å². The molecule has 1 unspecified atom stereocenters. The van der Waals surface area contributed by atoms with Crippen molar-refractivity contribution in [2.75, 3.05) is 4.90 Å². The molecule has 0 N–H and O–H groups in total.